The van der Waals surface area contributed by atoms with E-state index in [1.165, 1.54) is 45.3 Å². The molecule has 0 amide bonds. The third-order valence-electron chi connectivity index (χ3n) is 3.33. The lowest BCUT2D eigenvalue weighted by Gasteiger charge is -2.25. The number of hydrogen-bond acceptors (Lipinski definition) is 2. The molecular formula is C13H28N2. The summed E-state index contributed by atoms with van der Waals surface area (Å²) in [5.41, 5.74) is 0. The second kappa shape index (κ2) is 7.24. The second-order valence-electron chi connectivity index (χ2n) is 5.49. The summed E-state index contributed by atoms with van der Waals surface area (Å²) in [5, 5.41) is 7.14. The van der Waals surface area contributed by atoms with E-state index >= 15 is 0 Å². The van der Waals surface area contributed by atoms with Gasteiger partial charge < -0.3 is 10.6 Å². The van der Waals surface area contributed by atoms with Crippen LogP contribution in [0.4, 0.5) is 0 Å². The van der Waals surface area contributed by atoms with Crippen molar-refractivity contribution in [2.45, 2.75) is 52.5 Å². The van der Waals surface area contributed by atoms with Gasteiger partial charge in [-0.2, -0.15) is 0 Å². The van der Waals surface area contributed by atoms with Crippen LogP contribution in [0.2, 0.25) is 0 Å². The normalized spacial score (nSPS) is 24.4. The molecular weight excluding hydrogens is 184 g/mol. The standard InChI is InChI=1S/C13H28N2/c1-11(2)6-7-12(3)15-10-13-5-4-8-14-9-13/h11-15H,4-10H2,1-3H3. The maximum absolute atomic E-state index is 3.67. The molecule has 1 fully saturated rings. The fourth-order valence-corrected chi connectivity index (χ4v) is 2.15. The molecule has 1 aliphatic rings. The van der Waals surface area contributed by atoms with Crippen LogP contribution in [0.25, 0.3) is 0 Å². The van der Waals surface area contributed by atoms with Crippen LogP contribution in [0.5, 0.6) is 0 Å². The van der Waals surface area contributed by atoms with Crippen molar-refractivity contribution >= 4 is 0 Å². The van der Waals surface area contributed by atoms with Gasteiger partial charge in [-0.3, -0.25) is 0 Å². The third-order valence-corrected chi connectivity index (χ3v) is 3.33. The molecule has 1 heterocycles. The molecule has 2 heteroatoms. The summed E-state index contributed by atoms with van der Waals surface area (Å²) >= 11 is 0. The Kier molecular flexibility index (Phi) is 6.26. The van der Waals surface area contributed by atoms with E-state index < -0.39 is 0 Å². The van der Waals surface area contributed by atoms with Crippen molar-refractivity contribution in [3.05, 3.63) is 0 Å². The summed E-state index contributed by atoms with van der Waals surface area (Å²) in [6.45, 7) is 10.6. The van der Waals surface area contributed by atoms with Gasteiger partial charge in [-0.25, -0.2) is 0 Å². The molecule has 1 saturated heterocycles. The van der Waals surface area contributed by atoms with Crippen molar-refractivity contribution in [1.29, 1.82) is 0 Å². The lowest BCUT2D eigenvalue weighted by molar-refractivity contribution is 0.337. The molecule has 0 aromatic heterocycles. The van der Waals surface area contributed by atoms with Crippen molar-refractivity contribution in [3.8, 4) is 0 Å². The zero-order valence-electron chi connectivity index (χ0n) is 10.7. The summed E-state index contributed by atoms with van der Waals surface area (Å²) < 4.78 is 0. The number of piperidine rings is 1. The molecule has 90 valence electrons. The van der Waals surface area contributed by atoms with Crippen LogP contribution in [-0.4, -0.2) is 25.7 Å². The van der Waals surface area contributed by atoms with Gasteiger partial charge in [0.1, 0.15) is 0 Å². The first-order valence-corrected chi connectivity index (χ1v) is 6.62. The Morgan fingerprint density at radius 3 is 2.67 bits per heavy atom. The fourth-order valence-electron chi connectivity index (χ4n) is 2.15. The molecule has 0 bridgehead atoms. The molecule has 0 aromatic carbocycles. The van der Waals surface area contributed by atoms with Gasteiger partial charge in [-0.05, 0) is 64.1 Å². The maximum atomic E-state index is 3.67. The smallest absolute Gasteiger partial charge is 0.00389 e. The van der Waals surface area contributed by atoms with Crippen LogP contribution in [-0.2, 0) is 0 Å². The van der Waals surface area contributed by atoms with E-state index in [9.17, 15) is 0 Å². The maximum Gasteiger partial charge on any atom is 0.00389 e. The van der Waals surface area contributed by atoms with Crippen LogP contribution in [0, 0.1) is 11.8 Å². The van der Waals surface area contributed by atoms with Crippen molar-refractivity contribution in [2.75, 3.05) is 19.6 Å². The van der Waals surface area contributed by atoms with Crippen LogP contribution in [0.3, 0.4) is 0 Å². The first kappa shape index (κ1) is 13.0. The molecule has 0 aromatic rings. The van der Waals surface area contributed by atoms with E-state index in [4.69, 9.17) is 0 Å². The van der Waals surface area contributed by atoms with Crippen molar-refractivity contribution < 1.29 is 0 Å². The first-order valence-electron chi connectivity index (χ1n) is 6.62. The number of hydrogen-bond donors (Lipinski definition) is 2. The second-order valence-corrected chi connectivity index (χ2v) is 5.49. The molecule has 0 spiro atoms. The Labute approximate surface area is 95.2 Å². The third kappa shape index (κ3) is 6.16. The van der Waals surface area contributed by atoms with Crippen LogP contribution in [0.1, 0.15) is 46.5 Å². The number of nitrogens with one attached hydrogen (secondary N) is 2. The van der Waals surface area contributed by atoms with E-state index in [-0.39, 0.29) is 0 Å². The highest BCUT2D eigenvalue weighted by Crippen LogP contribution is 2.10. The topological polar surface area (TPSA) is 24.1 Å². The van der Waals surface area contributed by atoms with E-state index in [0.717, 1.165) is 11.8 Å². The van der Waals surface area contributed by atoms with Gasteiger partial charge in [0.25, 0.3) is 0 Å². The van der Waals surface area contributed by atoms with Crippen LogP contribution < -0.4 is 10.6 Å². The summed E-state index contributed by atoms with van der Waals surface area (Å²) in [6.07, 6.45) is 5.42. The molecule has 2 atom stereocenters. The van der Waals surface area contributed by atoms with Gasteiger partial charge in [-0.15, -0.1) is 0 Å². The quantitative estimate of drug-likeness (QED) is 0.706. The van der Waals surface area contributed by atoms with E-state index in [2.05, 4.69) is 31.4 Å². The predicted octanol–water partition coefficient (Wildman–Crippen LogP) is 2.40. The molecule has 15 heavy (non-hydrogen) atoms. The van der Waals surface area contributed by atoms with Crippen molar-refractivity contribution in [3.63, 3.8) is 0 Å². The molecule has 2 unspecified atom stereocenters. The molecule has 0 aliphatic carbocycles. The first-order chi connectivity index (χ1) is 7.18. The van der Waals surface area contributed by atoms with Gasteiger partial charge in [0, 0.05) is 6.04 Å². The van der Waals surface area contributed by atoms with Gasteiger partial charge >= 0.3 is 0 Å². The Bertz CT molecular complexity index is 151. The molecule has 0 saturated carbocycles. The molecule has 1 aliphatic heterocycles. The Morgan fingerprint density at radius 2 is 2.07 bits per heavy atom. The van der Waals surface area contributed by atoms with Crippen molar-refractivity contribution in [2.24, 2.45) is 11.8 Å². The molecule has 1 rings (SSSR count). The Morgan fingerprint density at radius 1 is 1.27 bits per heavy atom. The summed E-state index contributed by atoms with van der Waals surface area (Å²) in [5.74, 6) is 1.70. The zero-order valence-corrected chi connectivity index (χ0v) is 10.7. The van der Waals surface area contributed by atoms with Crippen LogP contribution >= 0.6 is 0 Å². The minimum atomic E-state index is 0.689. The highest BCUT2D eigenvalue weighted by Gasteiger charge is 2.13. The average Bonchev–Trinajstić information content (AvgIpc) is 2.25. The molecule has 0 radical (unpaired) electrons. The molecule has 2 N–H and O–H groups in total. The van der Waals surface area contributed by atoms with Crippen molar-refractivity contribution in [1.82, 2.24) is 10.6 Å². The van der Waals surface area contributed by atoms with Gasteiger partial charge in [-0.1, -0.05) is 13.8 Å². The lowest BCUT2D eigenvalue weighted by atomic mass is 9.98. The highest BCUT2D eigenvalue weighted by atomic mass is 14.9. The summed E-state index contributed by atoms with van der Waals surface area (Å²) in [4.78, 5) is 0. The van der Waals surface area contributed by atoms with E-state index in [1.54, 1.807) is 0 Å². The Hall–Kier alpha value is -0.0800. The molecule has 2 nitrogen and oxygen atoms in total. The van der Waals surface area contributed by atoms with Crippen LogP contribution in [0.15, 0.2) is 0 Å². The SMILES string of the molecule is CC(C)CCC(C)NCC1CCCNC1. The summed E-state index contributed by atoms with van der Waals surface area (Å²) in [6, 6.07) is 0.689. The minimum absolute atomic E-state index is 0.689. The Balaban J connectivity index is 2.02. The largest absolute Gasteiger partial charge is 0.316 e. The monoisotopic (exact) mass is 212 g/mol. The van der Waals surface area contributed by atoms with Gasteiger partial charge in [0.15, 0.2) is 0 Å². The summed E-state index contributed by atoms with van der Waals surface area (Å²) in [7, 11) is 0. The lowest BCUT2D eigenvalue weighted by Crippen LogP contribution is -2.38. The minimum Gasteiger partial charge on any atom is -0.316 e. The van der Waals surface area contributed by atoms with Gasteiger partial charge in [0.05, 0.1) is 0 Å². The van der Waals surface area contributed by atoms with E-state index in [1.807, 2.05) is 0 Å². The fraction of sp³-hybridized carbons (Fsp3) is 1.00. The number of rotatable bonds is 6. The average molecular weight is 212 g/mol. The highest BCUT2D eigenvalue weighted by molar-refractivity contribution is 4.73. The predicted molar refractivity (Wildman–Crippen MR) is 67.1 cm³/mol. The van der Waals surface area contributed by atoms with E-state index in [0.29, 0.717) is 6.04 Å². The zero-order chi connectivity index (χ0) is 11.1. The van der Waals surface area contributed by atoms with Gasteiger partial charge in [0.2, 0.25) is 0 Å².